The number of carbonyl (C=O) groups excluding carboxylic acids is 2. The molecular formula is C19H25ClN4O4. The Bertz CT molecular complexity index is 892. The molecule has 2 aromatic heterocycles. The predicted octanol–water partition coefficient (Wildman–Crippen LogP) is 3.86. The monoisotopic (exact) mass is 408 g/mol. The highest BCUT2D eigenvalue weighted by Crippen LogP contribution is 2.43. The molecule has 0 radical (unpaired) electrons. The third-order valence-electron chi connectivity index (χ3n) is 4.81. The standard InChI is InChI=1S/C19H25ClN4O4/c1-10-6-13(12-7-21-16-15(12)22-9-23-17(16)20)24(14(10)8-27-11(2)25)18(26)28-19(3,4)5/h7,9-10,13-14,21H,6,8H2,1-5H3. The number of hydrogen-bond acceptors (Lipinski definition) is 6. The SMILES string of the molecule is CC(=O)OCC1C(C)CC(c2c[nH]c3c(Cl)ncnc23)N1C(=O)OC(C)(C)C. The van der Waals surface area contributed by atoms with Gasteiger partial charge in [0, 0.05) is 18.7 Å². The molecular weight excluding hydrogens is 384 g/mol. The number of fused-ring (bicyclic) bond motifs is 1. The Balaban J connectivity index is 2.00. The number of aromatic amines is 1. The zero-order valence-corrected chi connectivity index (χ0v) is 17.4. The van der Waals surface area contributed by atoms with Gasteiger partial charge in [0.05, 0.1) is 17.6 Å². The molecule has 9 heteroatoms. The van der Waals surface area contributed by atoms with Gasteiger partial charge in [0.2, 0.25) is 0 Å². The lowest BCUT2D eigenvalue weighted by atomic mass is 9.99. The normalized spacial score (nSPS) is 22.5. The molecule has 3 unspecified atom stereocenters. The molecule has 152 valence electrons. The van der Waals surface area contributed by atoms with Crippen LogP contribution in [0.15, 0.2) is 12.5 Å². The minimum Gasteiger partial charge on any atom is -0.464 e. The van der Waals surface area contributed by atoms with Crippen LogP contribution in [0.4, 0.5) is 4.79 Å². The van der Waals surface area contributed by atoms with Crippen molar-refractivity contribution in [3.05, 3.63) is 23.2 Å². The summed E-state index contributed by atoms with van der Waals surface area (Å²) in [6, 6.07) is -0.587. The molecule has 0 saturated carbocycles. The molecule has 0 aliphatic carbocycles. The van der Waals surface area contributed by atoms with Crippen molar-refractivity contribution in [3.63, 3.8) is 0 Å². The van der Waals surface area contributed by atoms with Crippen LogP contribution in [0, 0.1) is 5.92 Å². The third-order valence-corrected chi connectivity index (χ3v) is 5.10. The lowest BCUT2D eigenvalue weighted by Gasteiger charge is -2.33. The molecule has 28 heavy (non-hydrogen) atoms. The van der Waals surface area contributed by atoms with Crippen LogP contribution in [0.1, 0.15) is 52.6 Å². The van der Waals surface area contributed by atoms with Crippen LogP contribution in [-0.4, -0.2) is 50.2 Å². The quantitative estimate of drug-likeness (QED) is 0.611. The molecule has 3 heterocycles. The maximum Gasteiger partial charge on any atom is 0.411 e. The first kappa shape index (κ1) is 20.4. The van der Waals surface area contributed by atoms with E-state index in [0.29, 0.717) is 22.6 Å². The number of H-pyrrole nitrogens is 1. The highest BCUT2D eigenvalue weighted by Gasteiger charge is 2.45. The van der Waals surface area contributed by atoms with E-state index in [4.69, 9.17) is 21.1 Å². The molecule has 2 aromatic rings. The second kappa shape index (κ2) is 7.58. The number of nitrogens with zero attached hydrogens (tertiary/aromatic N) is 3. The Hall–Kier alpha value is -2.35. The van der Waals surface area contributed by atoms with Gasteiger partial charge in [-0.05, 0) is 33.1 Å². The molecule has 1 N–H and O–H groups in total. The minimum atomic E-state index is -0.648. The van der Waals surface area contributed by atoms with Crippen LogP contribution in [0.2, 0.25) is 5.15 Å². The van der Waals surface area contributed by atoms with Gasteiger partial charge in [-0.3, -0.25) is 9.69 Å². The number of likely N-dealkylation sites (tertiary alicyclic amines) is 1. The highest BCUT2D eigenvalue weighted by molar-refractivity contribution is 6.33. The van der Waals surface area contributed by atoms with Gasteiger partial charge in [-0.2, -0.15) is 0 Å². The summed E-state index contributed by atoms with van der Waals surface area (Å²) in [6.45, 7) is 8.96. The first-order valence-electron chi connectivity index (χ1n) is 9.20. The number of carbonyl (C=O) groups is 2. The number of aromatic nitrogens is 3. The third kappa shape index (κ3) is 4.06. The Kier molecular flexibility index (Phi) is 5.52. The summed E-state index contributed by atoms with van der Waals surface area (Å²) in [4.78, 5) is 37.5. The Morgan fingerprint density at radius 3 is 2.71 bits per heavy atom. The molecule has 1 aliphatic heterocycles. The fourth-order valence-electron chi connectivity index (χ4n) is 3.61. The minimum absolute atomic E-state index is 0.0964. The smallest absolute Gasteiger partial charge is 0.411 e. The molecule has 0 bridgehead atoms. The molecule has 0 spiro atoms. The number of halogens is 1. The van der Waals surface area contributed by atoms with E-state index in [1.165, 1.54) is 13.3 Å². The number of esters is 1. The predicted molar refractivity (Wildman–Crippen MR) is 104 cm³/mol. The van der Waals surface area contributed by atoms with Crippen molar-refractivity contribution in [2.45, 2.75) is 58.7 Å². The maximum absolute atomic E-state index is 13.1. The molecule has 3 atom stereocenters. The fourth-order valence-corrected chi connectivity index (χ4v) is 3.80. The first-order valence-corrected chi connectivity index (χ1v) is 9.58. The van der Waals surface area contributed by atoms with Crippen LogP contribution in [0.3, 0.4) is 0 Å². The van der Waals surface area contributed by atoms with Crippen molar-refractivity contribution in [2.75, 3.05) is 6.61 Å². The van der Waals surface area contributed by atoms with Crippen molar-refractivity contribution < 1.29 is 19.1 Å². The summed E-state index contributed by atoms with van der Waals surface area (Å²) in [7, 11) is 0. The van der Waals surface area contributed by atoms with Crippen molar-refractivity contribution in [1.82, 2.24) is 19.9 Å². The zero-order chi connectivity index (χ0) is 20.6. The van der Waals surface area contributed by atoms with Crippen LogP contribution >= 0.6 is 11.6 Å². The second-order valence-corrected chi connectivity index (χ2v) is 8.48. The van der Waals surface area contributed by atoms with Gasteiger partial charge >= 0.3 is 12.1 Å². The molecule has 1 fully saturated rings. The zero-order valence-electron chi connectivity index (χ0n) is 16.7. The largest absolute Gasteiger partial charge is 0.464 e. The lowest BCUT2D eigenvalue weighted by molar-refractivity contribution is -0.142. The first-order chi connectivity index (χ1) is 13.1. The number of amides is 1. The van der Waals surface area contributed by atoms with Crippen molar-refractivity contribution in [2.24, 2.45) is 5.92 Å². The number of nitrogens with one attached hydrogen (secondary N) is 1. The van der Waals surface area contributed by atoms with Crippen LogP contribution in [0.5, 0.6) is 0 Å². The van der Waals surface area contributed by atoms with Gasteiger partial charge in [0.1, 0.15) is 24.1 Å². The average Bonchev–Trinajstić information content (AvgIpc) is 3.13. The second-order valence-electron chi connectivity index (χ2n) is 8.12. The van der Waals surface area contributed by atoms with E-state index in [1.807, 2.05) is 27.7 Å². The van der Waals surface area contributed by atoms with E-state index < -0.39 is 11.7 Å². The van der Waals surface area contributed by atoms with Gasteiger partial charge in [0.15, 0.2) is 5.15 Å². The van der Waals surface area contributed by atoms with Crippen LogP contribution in [0.25, 0.3) is 11.0 Å². The summed E-state index contributed by atoms with van der Waals surface area (Å²) >= 11 is 6.16. The molecule has 3 rings (SSSR count). The summed E-state index contributed by atoms with van der Waals surface area (Å²) in [5, 5.41) is 0.322. The van der Waals surface area contributed by atoms with E-state index in [2.05, 4.69) is 15.0 Å². The van der Waals surface area contributed by atoms with Gasteiger partial charge in [-0.1, -0.05) is 18.5 Å². The molecule has 1 aliphatic rings. The maximum atomic E-state index is 13.1. The van der Waals surface area contributed by atoms with Gasteiger partial charge < -0.3 is 14.5 Å². The van der Waals surface area contributed by atoms with Crippen LogP contribution < -0.4 is 0 Å². The Morgan fingerprint density at radius 2 is 2.07 bits per heavy atom. The van der Waals surface area contributed by atoms with E-state index in [1.54, 1.807) is 11.1 Å². The topological polar surface area (TPSA) is 97.4 Å². The summed E-state index contributed by atoms with van der Waals surface area (Å²) < 4.78 is 10.9. The van der Waals surface area contributed by atoms with Gasteiger partial charge in [-0.15, -0.1) is 0 Å². The van der Waals surface area contributed by atoms with Crippen LogP contribution in [-0.2, 0) is 14.3 Å². The highest BCUT2D eigenvalue weighted by atomic mass is 35.5. The number of rotatable bonds is 3. The molecule has 1 saturated heterocycles. The molecule has 8 nitrogen and oxygen atoms in total. The van der Waals surface area contributed by atoms with Crippen molar-refractivity contribution in [1.29, 1.82) is 0 Å². The summed E-state index contributed by atoms with van der Waals surface area (Å²) in [5.41, 5.74) is 1.48. The van der Waals surface area contributed by atoms with Crippen molar-refractivity contribution in [3.8, 4) is 0 Å². The van der Waals surface area contributed by atoms with Crippen molar-refractivity contribution >= 4 is 34.7 Å². The lowest BCUT2D eigenvalue weighted by Crippen LogP contribution is -2.44. The average molecular weight is 409 g/mol. The summed E-state index contributed by atoms with van der Waals surface area (Å²) in [5.74, 6) is -0.287. The Labute approximate surface area is 168 Å². The molecule has 0 aromatic carbocycles. The Morgan fingerprint density at radius 1 is 1.36 bits per heavy atom. The van der Waals surface area contributed by atoms with Gasteiger partial charge in [-0.25, -0.2) is 14.8 Å². The number of hydrogen-bond donors (Lipinski definition) is 1. The summed E-state index contributed by atoms with van der Waals surface area (Å²) in [6.07, 6.45) is 3.43. The van der Waals surface area contributed by atoms with E-state index in [9.17, 15) is 9.59 Å². The van der Waals surface area contributed by atoms with E-state index >= 15 is 0 Å². The fraction of sp³-hybridized carbons (Fsp3) is 0.579. The number of ether oxygens (including phenoxy) is 2. The van der Waals surface area contributed by atoms with E-state index in [0.717, 1.165) is 5.56 Å². The molecule has 1 amide bonds. The van der Waals surface area contributed by atoms with E-state index in [-0.39, 0.29) is 30.6 Å². The van der Waals surface area contributed by atoms with Gasteiger partial charge in [0.25, 0.3) is 0 Å².